The highest BCUT2D eigenvalue weighted by atomic mass is 35.5. The van der Waals surface area contributed by atoms with Gasteiger partial charge in [0.15, 0.2) is 0 Å². The normalized spacial score (nSPS) is 14.4. The fraction of sp³-hybridized carbons (Fsp3) is 0.316. The minimum atomic E-state index is -0.185. The second-order valence-corrected chi connectivity index (χ2v) is 7.10. The molecule has 1 aliphatic rings. The summed E-state index contributed by atoms with van der Waals surface area (Å²) in [4.78, 5) is 16.6. The van der Waals surface area contributed by atoms with E-state index in [4.69, 9.17) is 28.9 Å². The van der Waals surface area contributed by atoms with Crippen LogP contribution in [-0.4, -0.2) is 37.1 Å². The monoisotopic (exact) mass is 392 g/mol. The van der Waals surface area contributed by atoms with Gasteiger partial charge in [0.2, 0.25) is 0 Å². The van der Waals surface area contributed by atoms with E-state index in [1.807, 2.05) is 43.3 Å². The summed E-state index contributed by atoms with van der Waals surface area (Å²) < 4.78 is 0. The highest BCUT2D eigenvalue weighted by Crippen LogP contribution is 2.32. The van der Waals surface area contributed by atoms with Gasteiger partial charge in [-0.3, -0.25) is 0 Å². The Morgan fingerprint density at radius 1 is 1.08 bits per heavy atom. The Bertz CT molecular complexity index is 764. The number of carbonyl (C=O) groups excluding carboxylic acids is 1. The lowest BCUT2D eigenvalue weighted by atomic mass is 10.1. The number of hydrogen-bond donors (Lipinski definition) is 2. The van der Waals surface area contributed by atoms with E-state index >= 15 is 0 Å². The molecule has 2 amide bonds. The van der Waals surface area contributed by atoms with Gasteiger partial charge in [0.25, 0.3) is 0 Å². The average molecular weight is 393 g/mol. The SMILES string of the molecule is CCc1cc(Cl)c(NC(=O)N2CCN(c3ccc(N)cc3)CC2)c(Cl)c1. The van der Waals surface area contributed by atoms with Crippen LogP contribution in [0.25, 0.3) is 0 Å². The Kier molecular flexibility index (Phi) is 5.79. The molecule has 3 rings (SSSR count). The summed E-state index contributed by atoms with van der Waals surface area (Å²) in [5, 5.41) is 3.77. The van der Waals surface area contributed by atoms with E-state index in [1.54, 1.807) is 4.90 Å². The van der Waals surface area contributed by atoms with E-state index in [0.717, 1.165) is 36.4 Å². The molecular weight excluding hydrogens is 371 g/mol. The van der Waals surface area contributed by atoms with Gasteiger partial charge >= 0.3 is 6.03 Å². The van der Waals surface area contributed by atoms with Gasteiger partial charge in [-0.25, -0.2) is 4.79 Å². The van der Waals surface area contributed by atoms with Gasteiger partial charge in [0.05, 0.1) is 15.7 Å². The second kappa shape index (κ2) is 8.06. The van der Waals surface area contributed by atoms with Crippen LogP contribution in [-0.2, 0) is 6.42 Å². The molecule has 2 aromatic carbocycles. The number of halogens is 2. The van der Waals surface area contributed by atoms with E-state index < -0.39 is 0 Å². The van der Waals surface area contributed by atoms with Crippen LogP contribution >= 0.6 is 23.2 Å². The summed E-state index contributed by atoms with van der Waals surface area (Å²) in [6.45, 7) is 4.79. The number of aryl methyl sites for hydroxylation is 1. The number of carbonyl (C=O) groups is 1. The van der Waals surface area contributed by atoms with Crippen LogP contribution in [0.3, 0.4) is 0 Å². The maximum atomic E-state index is 12.6. The molecule has 1 aliphatic heterocycles. The molecule has 0 atom stereocenters. The molecule has 0 aliphatic carbocycles. The zero-order chi connectivity index (χ0) is 18.7. The number of nitrogens with zero attached hydrogens (tertiary/aromatic N) is 2. The molecule has 5 nitrogen and oxygen atoms in total. The number of rotatable bonds is 3. The molecule has 1 saturated heterocycles. The fourth-order valence-electron chi connectivity index (χ4n) is 2.99. The van der Waals surface area contributed by atoms with Crippen molar-refractivity contribution in [1.82, 2.24) is 4.90 Å². The van der Waals surface area contributed by atoms with Crippen molar-refractivity contribution in [2.75, 3.05) is 42.1 Å². The van der Waals surface area contributed by atoms with Crippen LogP contribution < -0.4 is 16.0 Å². The molecular formula is C19H22Cl2N4O. The zero-order valence-electron chi connectivity index (χ0n) is 14.6. The molecule has 2 aromatic rings. The van der Waals surface area contributed by atoms with Crippen molar-refractivity contribution in [2.45, 2.75) is 13.3 Å². The lowest BCUT2D eigenvalue weighted by Gasteiger charge is -2.36. The van der Waals surface area contributed by atoms with Crippen LogP contribution in [0, 0.1) is 0 Å². The van der Waals surface area contributed by atoms with E-state index in [2.05, 4.69) is 10.2 Å². The maximum absolute atomic E-state index is 12.6. The smallest absolute Gasteiger partial charge is 0.322 e. The Morgan fingerprint density at radius 3 is 2.19 bits per heavy atom. The summed E-state index contributed by atoms with van der Waals surface area (Å²) in [6, 6.07) is 11.3. The number of hydrogen-bond acceptors (Lipinski definition) is 3. The van der Waals surface area contributed by atoms with Crippen LogP contribution in [0.5, 0.6) is 0 Å². The number of amides is 2. The first kappa shape index (κ1) is 18.7. The third-order valence-electron chi connectivity index (χ3n) is 4.57. The van der Waals surface area contributed by atoms with Crippen molar-refractivity contribution >= 4 is 46.3 Å². The highest BCUT2D eigenvalue weighted by Gasteiger charge is 2.22. The van der Waals surface area contributed by atoms with Gasteiger partial charge in [0, 0.05) is 37.6 Å². The predicted octanol–water partition coefficient (Wildman–Crippen LogP) is 4.49. The molecule has 3 N–H and O–H groups in total. The van der Waals surface area contributed by atoms with Gasteiger partial charge in [-0.1, -0.05) is 30.1 Å². The van der Waals surface area contributed by atoms with E-state index in [1.165, 1.54) is 0 Å². The number of urea groups is 1. The Labute approximate surface area is 163 Å². The average Bonchev–Trinajstić information content (AvgIpc) is 2.65. The molecule has 1 heterocycles. The maximum Gasteiger partial charge on any atom is 0.322 e. The van der Waals surface area contributed by atoms with Gasteiger partial charge in [-0.15, -0.1) is 0 Å². The molecule has 0 bridgehead atoms. The molecule has 7 heteroatoms. The number of benzene rings is 2. The molecule has 0 unspecified atom stereocenters. The molecule has 0 saturated carbocycles. The molecule has 0 radical (unpaired) electrons. The van der Waals surface area contributed by atoms with Crippen molar-refractivity contribution in [2.24, 2.45) is 0 Å². The third kappa shape index (κ3) is 4.17. The Balaban J connectivity index is 1.61. The zero-order valence-corrected chi connectivity index (χ0v) is 16.1. The van der Waals surface area contributed by atoms with E-state index in [0.29, 0.717) is 28.8 Å². The molecule has 138 valence electrons. The van der Waals surface area contributed by atoms with E-state index in [9.17, 15) is 4.79 Å². The van der Waals surface area contributed by atoms with Gasteiger partial charge in [0.1, 0.15) is 0 Å². The first-order valence-corrected chi connectivity index (χ1v) is 9.38. The number of anilines is 3. The summed E-state index contributed by atoms with van der Waals surface area (Å²) in [5.41, 5.74) is 9.10. The first-order valence-electron chi connectivity index (χ1n) is 8.62. The Hall–Kier alpha value is -2.11. The van der Waals surface area contributed by atoms with Crippen molar-refractivity contribution in [3.63, 3.8) is 0 Å². The minimum absolute atomic E-state index is 0.185. The van der Waals surface area contributed by atoms with Crippen molar-refractivity contribution in [3.05, 3.63) is 52.0 Å². The lowest BCUT2D eigenvalue weighted by molar-refractivity contribution is 0.208. The molecule has 1 fully saturated rings. The predicted molar refractivity (Wildman–Crippen MR) is 109 cm³/mol. The number of nitrogen functional groups attached to an aromatic ring is 1. The first-order chi connectivity index (χ1) is 12.5. The van der Waals surface area contributed by atoms with Crippen LogP contribution in [0.15, 0.2) is 36.4 Å². The van der Waals surface area contributed by atoms with Crippen LogP contribution in [0.1, 0.15) is 12.5 Å². The second-order valence-electron chi connectivity index (χ2n) is 6.28. The minimum Gasteiger partial charge on any atom is -0.399 e. The van der Waals surface area contributed by atoms with Crippen molar-refractivity contribution in [3.8, 4) is 0 Å². The van der Waals surface area contributed by atoms with Crippen molar-refractivity contribution < 1.29 is 4.79 Å². The van der Waals surface area contributed by atoms with Gasteiger partial charge in [-0.2, -0.15) is 0 Å². The van der Waals surface area contributed by atoms with E-state index in [-0.39, 0.29) is 6.03 Å². The molecule has 0 spiro atoms. The summed E-state index contributed by atoms with van der Waals surface area (Å²) in [7, 11) is 0. The Morgan fingerprint density at radius 2 is 1.65 bits per heavy atom. The number of piperazine rings is 1. The fourth-order valence-corrected chi connectivity index (χ4v) is 3.61. The largest absolute Gasteiger partial charge is 0.399 e. The van der Waals surface area contributed by atoms with Crippen molar-refractivity contribution in [1.29, 1.82) is 0 Å². The quantitative estimate of drug-likeness (QED) is 0.756. The topological polar surface area (TPSA) is 61.6 Å². The van der Waals surface area contributed by atoms with Crippen LogP contribution in [0.2, 0.25) is 10.0 Å². The molecule has 26 heavy (non-hydrogen) atoms. The van der Waals surface area contributed by atoms with Gasteiger partial charge in [-0.05, 0) is 48.4 Å². The summed E-state index contributed by atoms with van der Waals surface area (Å²) in [5.74, 6) is 0. The summed E-state index contributed by atoms with van der Waals surface area (Å²) >= 11 is 12.6. The highest BCUT2D eigenvalue weighted by molar-refractivity contribution is 6.39. The lowest BCUT2D eigenvalue weighted by Crippen LogP contribution is -2.50. The number of nitrogens with two attached hydrogens (primary N) is 1. The third-order valence-corrected chi connectivity index (χ3v) is 5.16. The van der Waals surface area contributed by atoms with Crippen LogP contribution in [0.4, 0.5) is 21.9 Å². The van der Waals surface area contributed by atoms with Gasteiger partial charge < -0.3 is 20.9 Å². The number of nitrogens with one attached hydrogen (secondary N) is 1. The standard InChI is InChI=1S/C19H22Cl2N4O/c1-2-13-11-16(20)18(17(21)12-13)23-19(26)25-9-7-24(8-10-25)15-5-3-14(22)4-6-15/h3-6,11-12H,2,7-10,22H2,1H3,(H,23,26). The molecule has 0 aromatic heterocycles. The summed E-state index contributed by atoms with van der Waals surface area (Å²) in [6.07, 6.45) is 0.834.